The quantitative estimate of drug-likeness (QED) is 0.616. The summed E-state index contributed by atoms with van der Waals surface area (Å²) in [6.07, 6.45) is 3.50. The number of aromatic nitrogens is 1. The normalized spacial score (nSPS) is 6.75. The monoisotopic (exact) mass is 217 g/mol. The van der Waals surface area contributed by atoms with E-state index in [1.54, 1.807) is 12.4 Å². The molecule has 16 heavy (non-hydrogen) atoms. The summed E-state index contributed by atoms with van der Waals surface area (Å²) in [7, 11) is 0. The predicted molar refractivity (Wildman–Crippen MR) is 73.4 cm³/mol. The molecule has 88 valence electrons. The minimum absolute atomic E-state index is 1.75. The molecule has 2 rings (SSSR count). The molecule has 0 radical (unpaired) electrons. The highest BCUT2D eigenvalue weighted by molar-refractivity contribution is 4.99. The van der Waals surface area contributed by atoms with Crippen molar-refractivity contribution in [2.75, 3.05) is 0 Å². The summed E-state index contributed by atoms with van der Waals surface area (Å²) in [6, 6.07) is 17.7. The topological polar surface area (TPSA) is 12.9 Å². The van der Waals surface area contributed by atoms with Gasteiger partial charge in [0.05, 0.1) is 0 Å². The molecule has 0 atom stereocenters. The lowest BCUT2D eigenvalue weighted by molar-refractivity contribution is 1.33. The maximum Gasteiger partial charge on any atom is 0.0267 e. The second kappa shape index (κ2) is 19.0. The third-order valence-electron chi connectivity index (χ3n) is 1.23. The maximum atomic E-state index is 3.78. The summed E-state index contributed by atoms with van der Waals surface area (Å²) in [5.74, 6) is 0. The molecule has 0 aliphatic carbocycles. The van der Waals surface area contributed by atoms with Crippen molar-refractivity contribution in [2.45, 2.75) is 27.7 Å². The van der Waals surface area contributed by atoms with Gasteiger partial charge in [0, 0.05) is 12.4 Å². The zero-order valence-corrected chi connectivity index (χ0v) is 10.8. The lowest BCUT2D eigenvalue weighted by Crippen LogP contribution is -1.58. The fourth-order valence-electron chi connectivity index (χ4n) is 0.698. The summed E-state index contributed by atoms with van der Waals surface area (Å²) >= 11 is 0. The van der Waals surface area contributed by atoms with Crippen molar-refractivity contribution in [3.05, 3.63) is 67.0 Å². The van der Waals surface area contributed by atoms with E-state index in [1.807, 2.05) is 82.3 Å². The van der Waals surface area contributed by atoms with Crippen LogP contribution in [0.15, 0.2) is 67.0 Å². The molecule has 1 heterocycles. The first-order valence-electron chi connectivity index (χ1n) is 5.85. The van der Waals surface area contributed by atoms with E-state index in [9.17, 15) is 0 Å². The fourth-order valence-corrected chi connectivity index (χ4v) is 0.698. The smallest absolute Gasteiger partial charge is 0.0267 e. The molecule has 1 heteroatoms. The number of hydrogen-bond acceptors (Lipinski definition) is 1. The molecule has 0 aliphatic rings. The zero-order valence-electron chi connectivity index (χ0n) is 10.8. The standard InChI is InChI=1S/C6H6.C5H5N.2C2H6/c2*1-2-4-6-5-3-1;2*1-2/h1-6H;1-5H;2*1-2H3. The van der Waals surface area contributed by atoms with E-state index in [-0.39, 0.29) is 0 Å². The lowest BCUT2D eigenvalue weighted by atomic mass is 10.4. The summed E-state index contributed by atoms with van der Waals surface area (Å²) in [4.78, 5) is 3.78. The summed E-state index contributed by atoms with van der Waals surface area (Å²) in [5.41, 5.74) is 0. The molecular weight excluding hydrogens is 194 g/mol. The largest absolute Gasteiger partial charge is 0.265 e. The van der Waals surface area contributed by atoms with Crippen molar-refractivity contribution >= 4 is 0 Å². The molecule has 0 amide bonds. The van der Waals surface area contributed by atoms with E-state index in [0.717, 1.165) is 0 Å². The van der Waals surface area contributed by atoms with Gasteiger partial charge >= 0.3 is 0 Å². The maximum absolute atomic E-state index is 3.78. The highest BCUT2D eigenvalue weighted by Gasteiger charge is 1.58. The average molecular weight is 217 g/mol. The van der Waals surface area contributed by atoms with Crippen LogP contribution in [-0.2, 0) is 0 Å². The molecule has 0 bridgehead atoms. The molecule has 0 fully saturated rings. The minimum atomic E-state index is 1.75. The van der Waals surface area contributed by atoms with Gasteiger partial charge in [0.25, 0.3) is 0 Å². The highest BCUT2D eigenvalue weighted by atomic mass is 14.6. The van der Waals surface area contributed by atoms with Gasteiger partial charge in [0.15, 0.2) is 0 Å². The van der Waals surface area contributed by atoms with Crippen LogP contribution in [0.4, 0.5) is 0 Å². The third kappa shape index (κ3) is 14.9. The molecule has 1 aromatic carbocycles. The Kier molecular flexibility index (Phi) is 20.0. The van der Waals surface area contributed by atoms with Crippen molar-refractivity contribution in [1.29, 1.82) is 0 Å². The fraction of sp³-hybridized carbons (Fsp3) is 0.267. The van der Waals surface area contributed by atoms with E-state index in [2.05, 4.69) is 4.98 Å². The number of hydrogen-bond donors (Lipinski definition) is 0. The third-order valence-corrected chi connectivity index (χ3v) is 1.23. The summed E-state index contributed by atoms with van der Waals surface area (Å²) in [5, 5.41) is 0. The van der Waals surface area contributed by atoms with Crippen molar-refractivity contribution in [3.63, 3.8) is 0 Å². The summed E-state index contributed by atoms with van der Waals surface area (Å²) in [6.45, 7) is 8.00. The van der Waals surface area contributed by atoms with Crippen molar-refractivity contribution in [3.8, 4) is 0 Å². The van der Waals surface area contributed by atoms with Gasteiger partial charge in [-0.15, -0.1) is 0 Å². The van der Waals surface area contributed by atoms with Crippen molar-refractivity contribution in [2.24, 2.45) is 0 Å². The van der Waals surface area contributed by atoms with Gasteiger partial charge in [0.2, 0.25) is 0 Å². The Bertz CT molecular complexity index is 181. The van der Waals surface area contributed by atoms with Gasteiger partial charge < -0.3 is 0 Å². The SMILES string of the molecule is CC.CC.c1ccccc1.c1ccncc1. The van der Waals surface area contributed by atoms with Gasteiger partial charge in [-0.3, -0.25) is 4.98 Å². The van der Waals surface area contributed by atoms with Gasteiger partial charge in [-0.1, -0.05) is 70.2 Å². The number of rotatable bonds is 0. The first kappa shape index (κ1) is 16.8. The Labute approximate surface area is 100 Å². The van der Waals surface area contributed by atoms with Crippen molar-refractivity contribution < 1.29 is 0 Å². The van der Waals surface area contributed by atoms with E-state index >= 15 is 0 Å². The Balaban J connectivity index is 0. The Morgan fingerprint density at radius 1 is 0.438 bits per heavy atom. The van der Waals surface area contributed by atoms with Crippen LogP contribution in [0.25, 0.3) is 0 Å². The van der Waals surface area contributed by atoms with Crippen LogP contribution in [0.5, 0.6) is 0 Å². The minimum Gasteiger partial charge on any atom is -0.265 e. The molecular formula is C15H23N. The Morgan fingerprint density at radius 3 is 0.812 bits per heavy atom. The van der Waals surface area contributed by atoms with Crippen LogP contribution < -0.4 is 0 Å². The molecule has 1 aromatic heterocycles. The molecule has 1 nitrogen and oxygen atoms in total. The van der Waals surface area contributed by atoms with Crippen LogP contribution in [0.1, 0.15) is 27.7 Å². The average Bonchev–Trinajstić information content (AvgIpc) is 2.48. The first-order chi connectivity index (χ1) is 8.00. The molecule has 2 aromatic rings. The van der Waals surface area contributed by atoms with Crippen molar-refractivity contribution in [1.82, 2.24) is 4.98 Å². The second-order valence-corrected chi connectivity index (χ2v) is 2.18. The first-order valence-corrected chi connectivity index (χ1v) is 5.85. The van der Waals surface area contributed by atoms with Crippen LogP contribution in [0.2, 0.25) is 0 Å². The van der Waals surface area contributed by atoms with Crippen LogP contribution in [0.3, 0.4) is 0 Å². The number of pyridine rings is 1. The molecule has 0 spiro atoms. The van der Waals surface area contributed by atoms with Crippen LogP contribution >= 0.6 is 0 Å². The van der Waals surface area contributed by atoms with Crippen LogP contribution in [-0.4, -0.2) is 4.98 Å². The van der Waals surface area contributed by atoms with Crippen LogP contribution in [0, 0.1) is 0 Å². The molecule has 0 saturated heterocycles. The molecule has 0 aliphatic heterocycles. The second-order valence-electron chi connectivity index (χ2n) is 2.18. The molecule has 0 saturated carbocycles. The Hall–Kier alpha value is -1.63. The van der Waals surface area contributed by atoms with E-state index in [4.69, 9.17) is 0 Å². The molecule has 0 unspecified atom stereocenters. The zero-order chi connectivity index (χ0) is 12.5. The number of nitrogens with zero attached hydrogens (tertiary/aromatic N) is 1. The van der Waals surface area contributed by atoms with E-state index < -0.39 is 0 Å². The van der Waals surface area contributed by atoms with Gasteiger partial charge in [-0.2, -0.15) is 0 Å². The summed E-state index contributed by atoms with van der Waals surface area (Å²) < 4.78 is 0. The predicted octanol–water partition coefficient (Wildman–Crippen LogP) is 4.82. The lowest BCUT2D eigenvalue weighted by Gasteiger charge is -1.70. The highest BCUT2D eigenvalue weighted by Crippen LogP contribution is 1.79. The number of benzene rings is 1. The van der Waals surface area contributed by atoms with Gasteiger partial charge in [0.1, 0.15) is 0 Å². The molecule has 0 N–H and O–H groups in total. The van der Waals surface area contributed by atoms with Gasteiger partial charge in [-0.25, -0.2) is 0 Å². The van der Waals surface area contributed by atoms with Gasteiger partial charge in [-0.05, 0) is 12.1 Å². The van der Waals surface area contributed by atoms with E-state index in [1.165, 1.54) is 0 Å². The van der Waals surface area contributed by atoms with E-state index in [0.29, 0.717) is 0 Å². The Morgan fingerprint density at radius 2 is 0.688 bits per heavy atom.